The van der Waals surface area contributed by atoms with Crippen LogP contribution in [0, 0.1) is 13.8 Å². The molecule has 4 bridgehead atoms. The van der Waals surface area contributed by atoms with Gasteiger partial charge in [-0.3, -0.25) is 33.3 Å². The van der Waals surface area contributed by atoms with Crippen LogP contribution in [0.2, 0.25) is 0 Å². The summed E-state index contributed by atoms with van der Waals surface area (Å²) in [4.78, 5) is 82.3. The zero-order valence-electron chi connectivity index (χ0n) is 32.6. The molecule has 2 unspecified atom stereocenters. The summed E-state index contributed by atoms with van der Waals surface area (Å²) >= 11 is 0. The first-order valence-electron chi connectivity index (χ1n) is 19.1. The number of amides is 2. The van der Waals surface area contributed by atoms with Gasteiger partial charge in [-0.05, 0) is 32.4 Å². The van der Waals surface area contributed by atoms with Crippen LogP contribution in [0.25, 0.3) is 0 Å². The normalized spacial score (nSPS) is 27.9. The molecule has 8 atom stereocenters. The van der Waals surface area contributed by atoms with Crippen molar-refractivity contribution in [2.45, 2.75) is 101 Å². The van der Waals surface area contributed by atoms with Crippen LogP contribution >= 0.6 is 0 Å². The van der Waals surface area contributed by atoms with Gasteiger partial charge in [0.15, 0.2) is 24.2 Å². The van der Waals surface area contributed by atoms with Crippen molar-refractivity contribution in [2.24, 2.45) is 0 Å². The largest absolute Gasteiger partial charge is 0.456 e. The van der Waals surface area contributed by atoms with Crippen LogP contribution < -0.4 is 27.6 Å². The van der Waals surface area contributed by atoms with Crippen LogP contribution in [-0.2, 0) is 51.2 Å². The van der Waals surface area contributed by atoms with E-state index in [9.17, 15) is 28.8 Å². The van der Waals surface area contributed by atoms with Crippen LogP contribution in [0.4, 0.5) is 5.82 Å². The molecule has 0 saturated carbocycles. The summed E-state index contributed by atoms with van der Waals surface area (Å²) in [5, 5.41) is 13.7. The molecule has 3 aromatic heterocycles. The van der Waals surface area contributed by atoms with E-state index in [2.05, 4.69) is 30.9 Å². The number of hydrogen-bond acceptors (Lipinski definition) is 15. The first kappa shape index (κ1) is 39.9. The van der Waals surface area contributed by atoms with Gasteiger partial charge in [0, 0.05) is 42.6 Å². The average molecular weight is 818 g/mol. The summed E-state index contributed by atoms with van der Waals surface area (Å²) in [6.07, 6.45) is -0.396. The molecule has 4 saturated heterocycles. The molecule has 0 radical (unpaired) electrons. The Kier molecular flexibility index (Phi) is 10.6. The van der Waals surface area contributed by atoms with Crippen LogP contribution in [0.15, 0.2) is 63.3 Å². The summed E-state index contributed by atoms with van der Waals surface area (Å²) in [5.41, 5.74) is -2.49. The number of aryl methyl sites for hydroxylation is 2. The van der Waals surface area contributed by atoms with Gasteiger partial charge in [0.05, 0.1) is 39.0 Å². The van der Waals surface area contributed by atoms with Crippen LogP contribution in [0.3, 0.4) is 0 Å². The highest BCUT2D eigenvalue weighted by Gasteiger charge is 2.65. The van der Waals surface area contributed by atoms with Crippen molar-refractivity contribution in [2.75, 3.05) is 25.6 Å². The van der Waals surface area contributed by atoms with Gasteiger partial charge in [-0.25, -0.2) is 14.3 Å². The molecular formula is C38H43N9O12. The number of H-pyrrole nitrogens is 1. The van der Waals surface area contributed by atoms with Crippen molar-refractivity contribution in [3.8, 4) is 0 Å². The van der Waals surface area contributed by atoms with Gasteiger partial charge in [-0.1, -0.05) is 30.3 Å². The Hall–Kier alpha value is -5.87. The molecule has 4 aromatic rings. The molecule has 2 amide bonds. The van der Waals surface area contributed by atoms with Crippen LogP contribution in [-0.4, -0.2) is 108 Å². The molecule has 4 fully saturated rings. The third kappa shape index (κ3) is 7.39. The topological polar surface area (TPSA) is 251 Å². The average Bonchev–Trinajstić information content (AvgIpc) is 4.04. The number of carbonyl (C=O) groups excluding carboxylic acids is 3. The zero-order valence-corrected chi connectivity index (χ0v) is 32.6. The number of carbonyl (C=O) groups is 3. The van der Waals surface area contributed by atoms with Gasteiger partial charge in [-0.15, -0.1) is 5.10 Å². The van der Waals surface area contributed by atoms with E-state index in [0.29, 0.717) is 23.2 Å². The Morgan fingerprint density at radius 3 is 2.36 bits per heavy atom. The lowest BCUT2D eigenvalue weighted by atomic mass is 9.96. The lowest BCUT2D eigenvalue weighted by Gasteiger charge is -2.31. The molecule has 21 nitrogen and oxygen atoms in total. The first-order chi connectivity index (χ1) is 28.3. The number of hydrogen-bond donors (Lipinski definition) is 3. The Morgan fingerprint density at radius 2 is 1.61 bits per heavy atom. The lowest BCUT2D eigenvalue weighted by Crippen LogP contribution is -2.47. The molecule has 312 valence electrons. The highest BCUT2D eigenvalue weighted by molar-refractivity contribution is 6.04. The molecule has 8 rings (SSSR count). The molecule has 59 heavy (non-hydrogen) atoms. The van der Waals surface area contributed by atoms with Gasteiger partial charge >= 0.3 is 17.3 Å². The smallest absolute Gasteiger partial charge is 0.351 e. The van der Waals surface area contributed by atoms with Crippen molar-refractivity contribution in [1.82, 2.24) is 39.4 Å². The summed E-state index contributed by atoms with van der Waals surface area (Å²) in [7, 11) is 1.46. The van der Waals surface area contributed by atoms with E-state index >= 15 is 0 Å². The van der Waals surface area contributed by atoms with Crippen LogP contribution in [0.5, 0.6) is 0 Å². The van der Waals surface area contributed by atoms with Gasteiger partial charge in [-0.2, -0.15) is 4.98 Å². The van der Waals surface area contributed by atoms with Crippen molar-refractivity contribution in [3.63, 3.8) is 0 Å². The van der Waals surface area contributed by atoms with Gasteiger partial charge < -0.3 is 39.1 Å². The SMILES string of the molecule is CC[C@]12CO[C@@H](C1OCc1cn(C[C@]34CO[C@@H](C3OC(=O)CCC(=O)NC)[C@H](n3cc(C)c(=O)[nH]c3=O)O4)nn1)[C@H](n1cc(C)c(NC(=O)c3ccccc3)nc1=O)O2. The summed E-state index contributed by atoms with van der Waals surface area (Å²) in [6, 6.07) is 8.59. The van der Waals surface area contributed by atoms with Crippen molar-refractivity contribution >= 4 is 23.6 Å². The van der Waals surface area contributed by atoms with Crippen molar-refractivity contribution in [1.29, 1.82) is 0 Å². The maximum absolute atomic E-state index is 13.4. The standard InChI is InChI=1S/C38H43N9O12/c1-5-37-18-55-26(33(58-37)46-13-20(2)30(41-35(46)52)40-32(51)22-9-7-6-8-10-22)28(37)54-16-23-15-45(44-43-23)17-38-19-56-27(29(38)57-25(49)12-11-24(48)39-4)34(59-38)47-14-21(3)31(50)42-36(47)53/h6-10,13-15,26-29,33-34H,5,11-12,16-19H2,1-4H3,(H,39,48)(H,42,50,53)(H,40,41,51,52)/t26-,27-,28?,29?,33+,34+,37-,38-/m0/s1. The van der Waals surface area contributed by atoms with Crippen LogP contribution in [0.1, 0.15) is 65.8 Å². The summed E-state index contributed by atoms with van der Waals surface area (Å²) in [5.74, 6) is -1.27. The Labute approximate surface area is 334 Å². The maximum Gasteiger partial charge on any atom is 0.351 e. The van der Waals surface area contributed by atoms with E-state index in [1.807, 2.05) is 6.92 Å². The van der Waals surface area contributed by atoms with Gasteiger partial charge in [0.1, 0.15) is 35.4 Å². The predicted molar refractivity (Wildman–Crippen MR) is 201 cm³/mol. The maximum atomic E-state index is 13.4. The number of fused-ring (bicyclic) bond motifs is 4. The molecule has 3 N–H and O–H groups in total. The van der Waals surface area contributed by atoms with Crippen molar-refractivity contribution < 1.29 is 42.8 Å². The minimum absolute atomic E-state index is 0.0153. The Morgan fingerprint density at radius 1 is 0.915 bits per heavy atom. The number of nitrogens with one attached hydrogen (secondary N) is 3. The van der Waals surface area contributed by atoms with Crippen molar-refractivity contribution in [3.05, 3.63) is 103 Å². The second-order valence-electron chi connectivity index (χ2n) is 15.0. The fourth-order valence-electron chi connectivity index (χ4n) is 8.00. The van der Waals surface area contributed by atoms with Gasteiger partial charge in [0.25, 0.3) is 11.5 Å². The molecular weight excluding hydrogens is 774 g/mol. The number of rotatable bonds is 14. The first-order valence-corrected chi connectivity index (χ1v) is 19.1. The number of esters is 1. The fraction of sp³-hybridized carbons (Fsp3) is 0.500. The van der Waals surface area contributed by atoms with E-state index in [1.165, 1.54) is 34.0 Å². The number of anilines is 1. The van der Waals surface area contributed by atoms with E-state index in [4.69, 9.17) is 28.4 Å². The second kappa shape index (κ2) is 15.7. The summed E-state index contributed by atoms with van der Waals surface area (Å²) in [6.45, 7) is 5.37. The molecule has 0 aliphatic carbocycles. The molecule has 1 aromatic carbocycles. The number of nitrogens with zero attached hydrogens (tertiary/aromatic N) is 6. The quantitative estimate of drug-likeness (QED) is 0.142. The molecule has 4 aliphatic rings. The fourth-order valence-corrected chi connectivity index (χ4v) is 8.00. The minimum atomic E-state index is -1.33. The lowest BCUT2D eigenvalue weighted by molar-refractivity contribution is -0.183. The molecule has 7 heterocycles. The molecule has 21 heteroatoms. The zero-order chi connectivity index (χ0) is 41.6. The monoisotopic (exact) mass is 817 g/mol. The Balaban J connectivity index is 0.971. The highest BCUT2D eigenvalue weighted by atomic mass is 16.7. The van der Waals surface area contributed by atoms with Gasteiger partial charge in [0.2, 0.25) is 5.91 Å². The number of aromatic nitrogens is 7. The highest BCUT2D eigenvalue weighted by Crippen LogP contribution is 2.49. The number of benzene rings is 1. The number of aromatic amines is 1. The number of ether oxygens (including phenoxy) is 6. The molecule has 4 aliphatic heterocycles. The molecule has 0 spiro atoms. The van der Waals surface area contributed by atoms with E-state index in [0.717, 1.165) is 0 Å². The predicted octanol–water partition coefficient (Wildman–Crippen LogP) is 0.0203. The minimum Gasteiger partial charge on any atom is -0.456 e. The van der Waals surface area contributed by atoms with E-state index in [1.54, 1.807) is 49.6 Å². The summed E-state index contributed by atoms with van der Waals surface area (Å²) < 4.78 is 41.5. The van der Waals surface area contributed by atoms with E-state index in [-0.39, 0.29) is 56.5 Å². The van der Waals surface area contributed by atoms with E-state index < -0.39 is 76.9 Å². The third-order valence-electron chi connectivity index (χ3n) is 11.2. The second-order valence-corrected chi connectivity index (χ2v) is 15.0. The Bertz CT molecular complexity index is 2450. The third-order valence-corrected chi connectivity index (χ3v) is 11.2.